The van der Waals surface area contributed by atoms with Gasteiger partial charge in [-0.05, 0) is 12.1 Å². The third-order valence-electron chi connectivity index (χ3n) is 2.17. The maximum absolute atomic E-state index is 13.2. The molecule has 0 aromatic heterocycles. The zero-order valence-electron chi connectivity index (χ0n) is 10.1. The Morgan fingerprint density at radius 1 is 1.50 bits per heavy atom. The van der Waals surface area contributed by atoms with E-state index < -0.39 is 11.9 Å². The number of aliphatic hydroxyl groups is 1. The van der Waals surface area contributed by atoms with Crippen LogP contribution in [0.1, 0.15) is 0 Å². The van der Waals surface area contributed by atoms with Gasteiger partial charge in [0.25, 0.3) is 0 Å². The summed E-state index contributed by atoms with van der Waals surface area (Å²) in [5, 5.41) is 14.5. The average molecular weight is 256 g/mol. The number of amides is 1. The molecule has 3 N–H and O–H groups in total. The van der Waals surface area contributed by atoms with Gasteiger partial charge >= 0.3 is 0 Å². The van der Waals surface area contributed by atoms with Crippen molar-refractivity contribution in [2.75, 3.05) is 32.1 Å². The third kappa shape index (κ3) is 5.22. The number of halogens is 1. The lowest BCUT2D eigenvalue weighted by Gasteiger charge is -2.11. The molecule has 1 rings (SSSR count). The second kappa shape index (κ2) is 7.75. The molecule has 0 radical (unpaired) electrons. The molecular weight excluding hydrogens is 239 g/mol. The van der Waals surface area contributed by atoms with Gasteiger partial charge in [0.2, 0.25) is 5.91 Å². The molecule has 0 aliphatic rings. The summed E-state index contributed by atoms with van der Waals surface area (Å²) in [5.41, 5.74) is 0.140. The number of carbonyl (C=O) groups is 1. The normalized spacial score (nSPS) is 12.2. The average Bonchev–Trinajstić information content (AvgIpc) is 2.32. The quantitative estimate of drug-likeness (QED) is 0.659. The molecule has 0 aliphatic carbocycles. The number of nitrogens with one attached hydrogen (secondary N) is 2. The molecule has 0 bridgehead atoms. The highest BCUT2D eigenvalue weighted by atomic mass is 19.1. The van der Waals surface area contributed by atoms with Crippen LogP contribution in [0.4, 0.5) is 10.1 Å². The fraction of sp³-hybridized carbons (Fsp3) is 0.417. The monoisotopic (exact) mass is 256 g/mol. The van der Waals surface area contributed by atoms with Gasteiger partial charge < -0.3 is 20.5 Å². The zero-order chi connectivity index (χ0) is 13.4. The molecule has 1 aromatic rings. The predicted molar refractivity (Wildman–Crippen MR) is 65.8 cm³/mol. The topological polar surface area (TPSA) is 70.6 Å². The minimum atomic E-state index is -0.670. The van der Waals surface area contributed by atoms with E-state index in [-0.39, 0.29) is 31.3 Å². The SMILES string of the molecule is COCC(O)CNCC(=O)Nc1ccccc1F. The minimum Gasteiger partial charge on any atom is -0.389 e. The van der Waals surface area contributed by atoms with Gasteiger partial charge in [-0.2, -0.15) is 0 Å². The van der Waals surface area contributed by atoms with Crippen molar-refractivity contribution in [2.45, 2.75) is 6.10 Å². The smallest absolute Gasteiger partial charge is 0.238 e. The predicted octanol–water partition coefficient (Wildman–Crippen LogP) is 0.361. The summed E-state index contributed by atoms with van der Waals surface area (Å²) in [5.74, 6) is -0.852. The Bertz CT molecular complexity index is 387. The van der Waals surface area contributed by atoms with E-state index in [4.69, 9.17) is 4.74 Å². The molecule has 5 nitrogen and oxygen atoms in total. The van der Waals surface area contributed by atoms with Gasteiger partial charge in [0.1, 0.15) is 5.82 Å². The zero-order valence-corrected chi connectivity index (χ0v) is 10.1. The summed E-state index contributed by atoms with van der Waals surface area (Å²) in [4.78, 5) is 11.5. The van der Waals surface area contributed by atoms with Gasteiger partial charge in [-0.25, -0.2) is 4.39 Å². The van der Waals surface area contributed by atoms with Crippen LogP contribution in [0, 0.1) is 5.82 Å². The molecule has 18 heavy (non-hydrogen) atoms. The maximum Gasteiger partial charge on any atom is 0.238 e. The number of aliphatic hydroxyl groups excluding tert-OH is 1. The standard InChI is InChI=1S/C12H17FN2O3/c1-18-8-9(16)6-14-7-12(17)15-11-5-3-2-4-10(11)13/h2-5,9,14,16H,6-8H2,1H3,(H,15,17). The lowest BCUT2D eigenvalue weighted by Crippen LogP contribution is -2.35. The largest absolute Gasteiger partial charge is 0.389 e. The van der Waals surface area contributed by atoms with E-state index in [1.807, 2.05) is 0 Å². The summed E-state index contributed by atoms with van der Waals surface area (Å²) in [6.07, 6.45) is -0.670. The number of para-hydroxylation sites is 1. The molecule has 100 valence electrons. The van der Waals surface area contributed by atoms with Crippen LogP contribution in [-0.4, -0.2) is 43.9 Å². The molecule has 0 saturated carbocycles. The van der Waals surface area contributed by atoms with Crippen LogP contribution in [0.15, 0.2) is 24.3 Å². The van der Waals surface area contributed by atoms with Crippen molar-refractivity contribution in [3.63, 3.8) is 0 Å². The van der Waals surface area contributed by atoms with E-state index in [2.05, 4.69) is 10.6 Å². The van der Waals surface area contributed by atoms with Crippen LogP contribution in [-0.2, 0) is 9.53 Å². The van der Waals surface area contributed by atoms with Crippen molar-refractivity contribution < 1.29 is 19.0 Å². The van der Waals surface area contributed by atoms with E-state index in [0.29, 0.717) is 0 Å². The molecule has 0 fully saturated rings. The molecule has 0 saturated heterocycles. The van der Waals surface area contributed by atoms with Crippen LogP contribution in [0.25, 0.3) is 0 Å². The first kappa shape index (κ1) is 14.6. The molecular formula is C12H17FN2O3. The second-order valence-corrected chi connectivity index (χ2v) is 3.77. The molecule has 0 spiro atoms. The van der Waals surface area contributed by atoms with E-state index in [9.17, 15) is 14.3 Å². The van der Waals surface area contributed by atoms with E-state index in [1.165, 1.54) is 19.2 Å². The Hall–Kier alpha value is -1.50. The fourth-order valence-electron chi connectivity index (χ4n) is 1.36. The molecule has 1 amide bonds. The van der Waals surface area contributed by atoms with Crippen molar-refractivity contribution in [2.24, 2.45) is 0 Å². The van der Waals surface area contributed by atoms with Crippen LogP contribution in [0.2, 0.25) is 0 Å². The number of hydrogen-bond donors (Lipinski definition) is 3. The van der Waals surface area contributed by atoms with Crippen molar-refractivity contribution in [3.05, 3.63) is 30.1 Å². The van der Waals surface area contributed by atoms with Gasteiger partial charge in [-0.3, -0.25) is 4.79 Å². The number of benzene rings is 1. The van der Waals surface area contributed by atoms with Crippen LogP contribution in [0.3, 0.4) is 0 Å². The Morgan fingerprint density at radius 3 is 2.89 bits per heavy atom. The molecule has 1 aromatic carbocycles. The number of ether oxygens (including phenoxy) is 1. The Morgan fingerprint density at radius 2 is 2.22 bits per heavy atom. The summed E-state index contributed by atoms with van der Waals surface area (Å²) in [7, 11) is 1.48. The lowest BCUT2D eigenvalue weighted by atomic mass is 10.3. The summed E-state index contributed by atoms with van der Waals surface area (Å²) in [6.45, 7) is 0.426. The number of hydrogen-bond acceptors (Lipinski definition) is 4. The highest BCUT2D eigenvalue weighted by Crippen LogP contribution is 2.11. The lowest BCUT2D eigenvalue weighted by molar-refractivity contribution is -0.115. The second-order valence-electron chi connectivity index (χ2n) is 3.77. The Balaban J connectivity index is 2.28. The number of carbonyl (C=O) groups excluding carboxylic acids is 1. The highest BCUT2D eigenvalue weighted by Gasteiger charge is 2.07. The van der Waals surface area contributed by atoms with E-state index >= 15 is 0 Å². The van der Waals surface area contributed by atoms with E-state index in [1.54, 1.807) is 12.1 Å². The number of rotatable bonds is 7. The van der Waals surface area contributed by atoms with Gasteiger partial charge in [-0.15, -0.1) is 0 Å². The Labute approximate surface area is 105 Å². The van der Waals surface area contributed by atoms with Crippen molar-refractivity contribution >= 4 is 11.6 Å². The van der Waals surface area contributed by atoms with Crippen molar-refractivity contribution in [1.82, 2.24) is 5.32 Å². The molecule has 0 heterocycles. The van der Waals surface area contributed by atoms with Gasteiger partial charge in [0, 0.05) is 13.7 Å². The van der Waals surface area contributed by atoms with Crippen LogP contribution >= 0.6 is 0 Å². The summed E-state index contributed by atoms with van der Waals surface area (Å²) >= 11 is 0. The van der Waals surface area contributed by atoms with Crippen molar-refractivity contribution in [3.8, 4) is 0 Å². The summed E-state index contributed by atoms with van der Waals surface area (Å²) in [6, 6.07) is 5.93. The number of methoxy groups -OCH3 is 1. The van der Waals surface area contributed by atoms with Gasteiger partial charge in [-0.1, -0.05) is 12.1 Å². The fourth-order valence-corrected chi connectivity index (χ4v) is 1.36. The third-order valence-corrected chi connectivity index (χ3v) is 2.17. The molecule has 1 atom stereocenters. The Kier molecular flexibility index (Phi) is 6.27. The van der Waals surface area contributed by atoms with E-state index in [0.717, 1.165) is 0 Å². The number of anilines is 1. The van der Waals surface area contributed by atoms with Crippen LogP contribution in [0.5, 0.6) is 0 Å². The first-order chi connectivity index (χ1) is 8.63. The van der Waals surface area contributed by atoms with Gasteiger partial charge in [0.15, 0.2) is 0 Å². The molecule has 0 aliphatic heterocycles. The molecule has 6 heteroatoms. The highest BCUT2D eigenvalue weighted by molar-refractivity contribution is 5.92. The maximum atomic E-state index is 13.2. The molecule has 1 unspecified atom stereocenters. The van der Waals surface area contributed by atoms with Gasteiger partial charge in [0.05, 0.1) is 24.9 Å². The summed E-state index contributed by atoms with van der Waals surface area (Å²) < 4.78 is 17.9. The minimum absolute atomic E-state index is 0.00485. The van der Waals surface area contributed by atoms with Crippen LogP contribution < -0.4 is 10.6 Å². The first-order valence-corrected chi connectivity index (χ1v) is 5.55. The first-order valence-electron chi connectivity index (χ1n) is 5.55. The van der Waals surface area contributed by atoms with Crippen molar-refractivity contribution in [1.29, 1.82) is 0 Å².